The number of benzene rings is 1. The van der Waals surface area contributed by atoms with E-state index in [9.17, 15) is 0 Å². The van der Waals surface area contributed by atoms with Crippen molar-refractivity contribution in [3.8, 4) is 0 Å². The largest absolute Gasteiger partial charge is 0.440 e. The second kappa shape index (κ2) is 4.88. The van der Waals surface area contributed by atoms with Gasteiger partial charge >= 0.3 is 0 Å². The van der Waals surface area contributed by atoms with Gasteiger partial charge in [-0.15, -0.1) is 0 Å². The van der Waals surface area contributed by atoms with Crippen LogP contribution in [0.3, 0.4) is 0 Å². The molecule has 0 atom stereocenters. The molecule has 1 saturated carbocycles. The second-order valence-electron chi connectivity index (χ2n) is 5.69. The first-order valence-corrected chi connectivity index (χ1v) is 7.34. The first-order valence-electron chi connectivity index (χ1n) is 7.34. The van der Waals surface area contributed by atoms with Crippen molar-refractivity contribution >= 4 is 16.8 Å². The van der Waals surface area contributed by atoms with E-state index in [0.717, 1.165) is 28.4 Å². The normalized spacial score (nSPS) is 14.5. The van der Waals surface area contributed by atoms with Gasteiger partial charge in [-0.1, -0.05) is 6.07 Å². The number of anilines is 1. The van der Waals surface area contributed by atoms with Crippen LogP contribution in [0.2, 0.25) is 0 Å². The molecule has 4 heteroatoms. The maximum atomic E-state index is 5.77. The first-order chi connectivity index (χ1) is 10.3. The smallest absolute Gasteiger partial charge is 0.198 e. The zero-order valence-electron chi connectivity index (χ0n) is 12.0. The third kappa shape index (κ3) is 2.61. The number of fused-ring (bicyclic) bond motifs is 1. The summed E-state index contributed by atoms with van der Waals surface area (Å²) in [5.41, 5.74) is 5.05. The molecule has 0 amide bonds. The quantitative estimate of drug-likeness (QED) is 0.783. The Morgan fingerprint density at radius 1 is 1.24 bits per heavy atom. The van der Waals surface area contributed by atoms with Crippen LogP contribution in [-0.4, -0.2) is 9.97 Å². The molecular weight excluding hydrogens is 262 g/mol. The molecule has 0 bridgehead atoms. The van der Waals surface area contributed by atoms with E-state index in [1.807, 2.05) is 37.4 Å². The van der Waals surface area contributed by atoms with Crippen molar-refractivity contribution in [2.24, 2.45) is 0 Å². The number of pyridine rings is 1. The molecule has 2 aromatic heterocycles. The highest BCUT2D eigenvalue weighted by atomic mass is 16.3. The number of nitrogens with zero attached hydrogens (tertiary/aromatic N) is 2. The van der Waals surface area contributed by atoms with E-state index in [0.29, 0.717) is 12.5 Å². The van der Waals surface area contributed by atoms with Crippen LogP contribution in [0.4, 0.5) is 5.69 Å². The zero-order chi connectivity index (χ0) is 14.2. The molecule has 1 aliphatic rings. The third-order valence-electron chi connectivity index (χ3n) is 3.78. The lowest BCUT2D eigenvalue weighted by Crippen LogP contribution is -2.01. The predicted octanol–water partition coefficient (Wildman–Crippen LogP) is 4.02. The number of nitrogens with one attached hydrogen (secondary N) is 1. The Hall–Kier alpha value is -2.36. The van der Waals surface area contributed by atoms with Gasteiger partial charge in [-0.3, -0.25) is 4.98 Å². The van der Waals surface area contributed by atoms with Gasteiger partial charge in [-0.25, -0.2) is 4.98 Å². The fourth-order valence-corrected chi connectivity index (χ4v) is 2.36. The highest BCUT2D eigenvalue weighted by Crippen LogP contribution is 2.40. The Morgan fingerprint density at radius 3 is 2.90 bits per heavy atom. The summed E-state index contributed by atoms with van der Waals surface area (Å²) >= 11 is 0. The fourth-order valence-electron chi connectivity index (χ4n) is 2.36. The summed E-state index contributed by atoms with van der Waals surface area (Å²) in [7, 11) is 0. The molecule has 0 aliphatic heterocycles. The molecule has 106 valence electrons. The van der Waals surface area contributed by atoms with Crippen molar-refractivity contribution in [3.63, 3.8) is 0 Å². The molecule has 1 aromatic carbocycles. The van der Waals surface area contributed by atoms with Crippen LogP contribution in [-0.2, 0) is 6.54 Å². The minimum atomic E-state index is 0.547. The minimum Gasteiger partial charge on any atom is -0.440 e. The van der Waals surface area contributed by atoms with Crippen LogP contribution in [0.15, 0.2) is 40.9 Å². The van der Waals surface area contributed by atoms with Gasteiger partial charge < -0.3 is 9.73 Å². The van der Waals surface area contributed by atoms with E-state index >= 15 is 0 Å². The van der Waals surface area contributed by atoms with Gasteiger partial charge in [-0.05, 0) is 49.6 Å². The average molecular weight is 279 g/mol. The van der Waals surface area contributed by atoms with E-state index in [1.54, 1.807) is 0 Å². The SMILES string of the molecule is Cc1ccc(CNc2ccc3oc(C4CC4)nc3c2)nc1. The number of oxazole rings is 1. The molecule has 4 rings (SSSR count). The zero-order valence-corrected chi connectivity index (χ0v) is 12.0. The van der Waals surface area contributed by atoms with Crippen LogP contribution in [0.1, 0.15) is 35.9 Å². The van der Waals surface area contributed by atoms with Crippen molar-refractivity contribution in [3.05, 3.63) is 53.7 Å². The Bertz CT molecular complexity index is 772. The van der Waals surface area contributed by atoms with Crippen LogP contribution in [0.5, 0.6) is 0 Å². The van der Waals surface area contributed by atoms with Crippen LogP contribution < -0.4 is 5.32 Å². The van der Waals surface area contributed by atoms with Gasteiger partial charge in [0.15, 0.2) is 11.5 Å². The Morgan fingerprint density at radius 2 is 2.14 bits per heavy atom. The van der Waals surface area contributed by atoms with Crippen molar-refractivity contribution < 1.29 is 4.42 Å². The Labute approximate surface area is 123 Å². The number of aromatic nitrogens is 2. The second-order valence-corrected chi connectivity index (χ2v) is 5.69. The standard InChI is InChI=1S/C17H17N3O/c1-11-2-5-14(18-9-11)10-19-13-6-7-16-15(8-13)20-17(21-16)12-3-4-12/h2,5-9,12,19H,3-4,10H2,1H3. The van der Waals surface area contributed by atoms with E-state index in [1.165, 1.54) is 18.4 Å². The molecule has 3 aromatic rings. The summed E-state index contributed by atoms with van der Waals surface area (Å²) in [6, 6.07) is 10.2. The lowest BCUT2D eigenvalue weighted by molar-refractivity contribution is 0.533. The Kier molecular flexibility index (Phi) is 2.88. The van der Waals surface area contributed by atoms with E-state index in [4.69, 9.17) is 4.42 Å². The van der Waals surface area contributed by atoms with Crippen molar-refractivity contribution in [2.75, 3.05) is 5.32 Å². The topological polar surface area (TPSA) is 51.0 Å². The monoisotopic (exact) mass is 279 g/mol. The first kappa shape index (κ1) is 12.4. The summed E-state index contributed by atoms with van der Waals surface area (Å²) in [5.74, 6) is 1.44. The van der Waals surface area contributed by atoms with Crippen molar-refractivity contribution in [1.29, 1.82) is 0 Å². The Balaban J connectivity index is 1.51. The average Bonchev–Trinajstić information content (AvgIpc) is 3.26. The molecule has 2 heterocycles. The van der Waals surface area contributed by atoms with Crippen molar-refractivity contribution in [1.82, 2.24) is 9.97 Å². The number of aryl methyl sites for hydroxylation is 1. The lowest BCUT2D eigenvalue weighted by atomic mass is 10.2. The molecule has 0 saturated heterocycles. The summed E-state index contributed by atoms with van der Waals surface area (Å²) < 4.78 is 5.77. The van der Waals surface area contributed by atoms with Gasteiger partial charge in [0.1, 0.15) is 5.52 Å². The third-order valence-corrected chi connectivity index (χ3v) is 3.78. The van der Waals surface area contributed by atoms with Crippen LogP contribution >= 0.6 is 0 Å². The van der Waals surface area contributed by atoms with Gasteiger partial charge in [0.2, 0.25) is 0 Å². The lowest BCUT2D eigenvalue weighted by Gasteiger charge is -2.05. The van der Waals surface area contributed by atoms with Crippen LogP contribution in [0.25, 0.3) is 11.1 Å². The summed E-state index contributed by atoms with van der Waals surface area (Å²) in [6.45, 7) is 2.75. The molecule has 1 fully saturated rings. The molecular formula is C17H17N3O. The molecule has 21 heavy (non-hydrogen) atoms. The number of hydrogen-bond donors (Lipinski definition) is 1. The van der Waals surface area contributed by atoms with Crippen molar-refractivity contribution in [2.45, 2.75) is 32.2 Å². The van der Waals surface area contributed by atoms with Gasteiger partial charge in [0.05, 0.1) is 12.2 Å². The van der Waals surface area contributed by atoms with E-state index < -0.39 is 0 Å². The van der Waals surface area contributed by atoms with Gasteiger partial charge in [0.25, 0.3) is 0 Å². The molecule has 0 unspecified atom stereocenters. The van der Waals surface area contributed by atoms with Gasteiger partial charge in [0, 0.05) is 17.8 Å². The molecule has 4 nitrogen and oxygen atoms in total. The molecule has 1 aliphatic carbocycles. The number of hydrogen-bond acceptors (Lipinski definition) is 4. The highest BCUT2D eigenvalue weighted by Gasteiger charge is 2.28. The summed E-state index contributed by atoms with van der Waals surface area (Å²) in [5, 5.41) is 3.38. The fraction of sp³-hybridized carbons (Fsp3) is 0.294. The predicted molar refractivity (Wildman–Crippen MR) is 82.3 cm³/mol. The van der Waals surface area contributed by atoms with Crippen LogP contribution in [0, 0.1) is 6.92 Å². The molecule has 1 N–H and O–H groups in total. The molecule has 0 spiro atoms. The maximum Gasteiger partial charge on any atom is 0.198 e. The summed E-state index contributed by atoms with van der Waals surface area (Å²) in [6.07, 6.45) is 4.30. The molecule has 0 radical (unpaired) electrons. The van der Waals surface area contributed by atoms with E-state index in [2.05, 4.69) is 21.4 Å². The highest BCUT2D eigenvalue weighted by molar-refractivity contribution is 5.77. The van der Waals surface area contributed by atoms with Gasteiger partial charge in [-0.2, -0.15) is 0 Å². The maximum absolute atomic E-state index is 5.77. The van der Waals surface area contributed by atoms with E-state index in [-0.39, 0.29) is 0 Å². The summed E-state index contributed by atoms with van der Waals surface area (Å²) in [4.78, 5) is 8.97. The number of rotatable bonds is 4. The minimum absolute atomic E-state index is 0.547.